The lowest BCUT2D eigenvalue weighted by Crippen LogP contribution is -2.42. The summed E-state index contributed by atoms with van der Waals surface area (Å²) in [6.45, 7) is 1.91. The molecule has 0 radical (unpaired) electrons. The van der Waals surface area contributed by atoms with Gasteiger partial charge in [0.15, 0.2) is 5.82 Å². The fourth-order valence-corrected chi connectivity index (χ4v) is 2.84. The molecule has 1 aliphatic carbocycles. The van der Waals surface area contributed by atoms with Crippen molar-refractivity contribution in [2.45, 2.75) is 44.6 Å². The Labute approximate surface area is 151 Å². The quantitative estimate of drug-likeness (QED) is 0.825. The molecule has 7 nitrogen and oxygen atoms in total. The summed E-state index contributed by atoms with van der Waals surface area (Å²) in [5.74, 6) is 0.882. The first kappa shape index (κ1) is 17.5. The molecule has 0 bridgehead atoms. The predicted octanol–water partition coefficient (Wildman–Crippen LogP) is 2.33. The molecule has 2 N–H and O–H groups in total. The Kier molecular flexibility index (Phi) is 5.13. The molecule has 0 spiro atoms. The third-order valence-corrected chi connectivity index (χ3v) is 4.56. The number of carbonyl (C=O) groups excluding carboxylic acids is 1. The number of nitrogens with one attached hydrogen (secondary N) is 2. The molecule has 1 aliphatic rings. The van der Waals surface area contributed by atoms with E-state index in [4.69, 9.17) is 11.6 Å². The van der Waals surface area contributed by atoms with Gasteiger partial charge >= 0.3 is 11.7 Å². The monoisotopic (exact) mass is 363 g/mol. The Bertz CT molecular complexity index is 807. The zero-order chi connectivity index (χ0) is 18.0. The minimum Gasteiger partial charge on any atom is -0.334 e. The Hall–Kier alpha value is -2.28. The van der Waals surface area contributed by atoms with Crippen LogP contribution >= 0.6 is 11.6 Å². The van der Waals surface area contributed by atoms with Crippen LogP contribution in [0.1, 0.15) is 43.5 Å². The van der Waals surface area contributed by atoms with Gasteiger partial charge in [0.25, 0.3) is 0 Å². The summed E-state index contributed by atoms with van der Waals surface area (Å²) < 4.78 is 2.25. The maximum Gasteiger partial charge on any atom is 0.373 e. The highest BCUT2D eigenvalue weighted by Crippen LogP contribution is 2.38. The van der Waals surface area contributed by atoms with Gasteiger partial charge in [0, 0.05) is 24.0 Å². The molecule has 3 rings (SSSR count). The summed E-state index contributed by atoms with van der Waals surface area (Å²) in [4.78, 5) is 24.7. The number of aryl methyl sites for hydroxylation is 1. The van der Waals surface area contributed by atoms with E-state index >= 15 is 0 Å². The third kappa shape index (κ3) is 4.04. The van der Waals surface area contributed by atoms with Gasteiger partial charge in [0.05, 0.1) is 0 Å². The van der Waals surface area contributed by atoms with Crippen LogP contribution in [0.25, 0.3) is 0 Å². The lowest BCUT2D eigenvalue weighted by atomic mass is 10.1. The Balaban J connectivity index is 1.61. The number of rotatable bonds is 6. The maximum atomic E-state index is 12.4. The van der Waals surface area contributed by atoms with E-state index in [1.54, 1.807) is 7.05 Å². The second-order valence-electron chi connectivity index (χ2n) is 6.40. The number of carbonyl (C=O) groups is 1. The van der Waals surface area contributed by atoms with Gasteiger partial charge in [-0.1, -0.05) is 23.7 Å². The van der Waals surface area contributed by atoms with Crippen LogP contribution in [0, 0.1) is 0 Å². The van der Waals surface area contributed by atoms with Crippen molar-refractivity contribution in [1.29, 1.82) is 0 Å². The molecule has 1 unspecified atom stereocenters. The summed E-state index contributed by atoms with van der Waals surface area (Å²) in [6.07, 6.45) is 3.56. The topological polar surface area (TPSA) is 81.0 Å². The van der Waals surface area contributed by atoms with Crippen molar-refractivity contribution in [2.24, 2.45) is 0 Å². The number of nitrogens with zero attached hydrogens (tertiary/aromatic N) is 3. The number of aromatic nitrogens is 3. The maximum absolute atomic E-state index is 12.4. The number of benzene rings is 1. The molecule has 1 saturated carbocycles. The molecule has 1 aromatic carbocycles. The van der Waals surface area contributed by atoms with Crippen molar-refractivity contribution >= 4 is 17.6 Å². The van der Waals surface area contributed by atoms with E-state index < -0.39 is 11.7 Å². The SMILES string of the molecule is CNn1c(C2CC2)nn(C(=O)NC(C)CCc2ccc(Cl)cc2)c1=O. The third-order valence-electron chi connectivity index (χ3n) is 4.31. The molecule has 1 heterocycles. The van der Waals surface area contributed by atoms with Gasteiger partial charge in [-0.2, -0.15) is 4.68 Å². The van der Waals surface area contributed by atoms with Crippen LogP contribution in [0.2, 0.25) is 5.02 Å². The van der Waals surface area contributed by atoms with Crippen molar-refractivity contribution in [3.8, 4) is 0 Å². The van der Waals surface area contributed by atoms with Crippen LogP contribution in [0.3, 0.4) is 0 Å². The highest BCUT2D eigenvalue weighted by molar-refractivity contribution is 6.30. The van der Waals surface area contributed by atoms with Gasteiger partial charge < -0.3 is 10.7 Å². The fraction of sp³-hybridized carbons (Fsp3) is 0.471. The van der Waals surface area contributed by atoms with Gasteiger partial charge in [-0.25, -0.2) is 9.59 Å². The Morgan fingerprint density at radius 2 is 2.04 bits per heavy atom. The minimum atomic E-state index is -0.496. The smallest absolute Gasteiger partial charge is 0.334 e. The Morgan fingerprint density at radius 1 is 1.36 bits per heavy atom. The number of hydrogen-bond donors (Lipinski definition) is 2. The molecule has 0 saturated heterocycles. The fourth-order valence-electron chi connectivity index (χ4n) is 2.71. The molecular formula is C17H22ClN5O2. The second kappa shape index (κ2) is 7.31. The van der Waals surface area contributed by atoms with Crippen LogP contribution in [0.4, 0.5) is 4.79 Å². The van der Waals surface area contributed by atoms with Gasteiger partial charge in [0.1, 0.15) is 0 Å². The molecule has 1 aromatic heterocycles. The molecule has 1 fully saturated rings. The molecule has 1 amide bonds. The van der Waals surface area contributed by atoms with E-state index in [1.807, 2.05) is 31.2 Å². The van der Waals surface area contributed by atoms with Crippen molar-refractivity contribution in [3.63, 3.8) is 0 Å². The summed E-state index contributed by atoms with van der Waals surface area (Å²) in [7, 11) is 1.64. The standard InChI is InChI=1S/C17H22ClN5O2/c1-11(3-4-12-5-9-14(18)10-6-12)20-16(24)23-17(25)22(19-2)15(21-23)13-7-8-13/h5-6,9-11,13,19H,3-4,7-8H2,1-2H3,(H,20,24). The highest BCUT2D eigenvalue weighted by Gasteiger charge is 2.32. The lowest BCUT2D eigenvalue weighted by Gasteiger charge is -2.13. The van der Waals surface area contributed by atoms with E-state index in [1.165, 1.54) is 4.68 Å². The second-order valence-corrected chi connectivity index (χ2v) is 6.84. The number of halogens is 1. The molecule has 134 valence electrons. The van der Waals surface area contributed by atoms with E-state index in [-0.39, 0.29) is 12.0 Å². The average Bonchev–Trinajstić information content (AvgIpc) is 3.37. The zero-order valence-corrected chi connectivity index (χ0v) is 15.1. The first-order valence-corrected chi connectivity index (χ1v) is 8.82. The normalized spacial score (nSPS) is 15.0. The summed E-state index contributed by atoms with van der Waals surface area (Å²) >= 11 is 5.88. The lowest BCUT2D eigenvalue weighted by molar-refractivity contribution is 0.234. The van der Waals surface area contributed by atoms with Crippen molar-refractivity contribution < 1.29 is 4.79 Å². The summed E-state index contributed by atoms with van der Waals surface area (Å²) in [6, 6.07) is 7.06. The van der Waals surface area contributed by atoms with Gasteiger partial charge in [-0.15, -0.1) is 9.78 Å². The largest absolute Gasteiger partial charge is 0.373 e. The van der Waals surface area contributed by atoms with Crippen LogP contribution in [0.5, 0.6) is 0 Å². The van der Waals surface area contributed by atoms with Crippen LogP contribution in [0.15, 0.2) is 29.1 Å². The minimum absolute atomic E-state index is 0.0841. The van der Waals surface area contributed by atoms with Gasteiger partial charge in [-0.05, 0) is 50.3 Å². The molecule has 0 aliphatic heterocycles. The first-order chi connectivity index (χ1) is 12.0. The van der Waals surface area contributed by atoms with Gasteiger partial charge in [0.2, 0.25) is 0 Å². The van der Waals surface area contributed by atoms with E-state index in [2.05, 4.69) is 15.8 Å². The summed E-state index contributed by atoms with van der Waals surface area (Å²) in [5.41, 5.74) is 3.48. The van der Waals surface area contributed by atoms with E-state index in [0.29, 0.717) is 10.8 Å². The Morgan fingerprint density at radius 3 is 2.64 bits per heavy atom. The van der Waals surface area contributed by atoms with Crippen molar-refractivity contribution in [3.05, 3.63) is 51.2 Å². The molecule has 1 atom stereocenters. The zero-order valence-electron chi connectivity index (χ0n) is 14.3. The van der Waals surface area contributed by atoms with Crippen LogP contribution < -0.4 is 16.4 Å². The van der Waals surface area contributed by atoms with Gasteiger partial charge in [-0.3, -0.25) is 0 Å². The molecule has 8 heteroatoms. The molecular weight excluding hydrogens is 342 g/mol. The molecule has 25 heavy (non-hydrogen) atoms. The average molecular weight is 364 g/mol. The first-order valence-electron chi connectivity index (χ1n) is 8.44. The van der Waals surface area contributed by atoms with E-state index in [9.17, 15) is 9.59 Å². The highest BCUT2D eigenvalue weighted by atomic mass is 35.5. The summed E-state index contributed by atoms with van der Waals surface area (Å²) in [5, 5.41) is 7.74. The van der Waals surface area contributed by atoms with Crippen LogP contribution in [-0.2, 0) is 6.42 Å². The van der Waals surface area contributed by atoms with Crippen molar-refractivity contribution in [2.75, 3.05) is 12.5 Å². The molecule has 2 aromatic rings. The van der Waals surface area contributed by atoms with E-state index in [0.717, 1.165) is 35.9 Å². The number of hydrogen-bond acceptors (Lipinski definition) is 4. The van der Waals surface area contributed by atoms with Crippen LogP contribution in [-0.4, -0.2) is 33.6 Å². The number of amides is 1. The van der Waals surface area contributed by atoms with Crippen molar-refractivity contribution in [1.82, 2.24) is 19.8 Å². The predicted molar refractivity (Wildman–Crippen MR) is 96.9 cm³/mol.